The van der Waals surface area contributed by atoms with Gasteiger partial charge in [-0.05, 0) is 31.4 Å². The van der Waals surface area contributed by atoms with E-state index < -0.39 is 11.4 Å². The third kappa shape index (κ3) is 2.04. The minimum absolute atomic E-state index is 0.151. The molecule has 19 heavy (non-hydrogen) atoms. The van der Waals surface area contributed by atoms with E-state index in [2.05, 4.69) is 0 Å². The second-order valence-corrected chi connectivity index (χ2v) is 5.41. The quantitative estimate of drug-likeness (QED) is 0.894. The average Bonchev–Trinajstić information content (AvgIpc) is 2.84. The summed E-state index contributed by atoms with van der Waals surface area (Å²) in [4.78, 5) is 11.7. The van der Waals surface area contributed by atoms with E-state index in [1.54, 1.807) is 13.0 Å². The van der Waals surface area contributed by atoms with E-state index in [4.69, 9.17) is 16.3 Å². The number of phenolic OH excluding ortho intramolecular Hbond substituents is 1. The van der Waals surface area contributed by atoms with E-state index in [-0.39, 0.29) is 11.5 Å². The molecule has 1 saturated carbocycles. The Morgan fingerprint density at radius 2 is 2.00 bits per heavy atom. The van der Waals surface area contributed by atoms with Crippen LogP contribution in [0, 0.1) is 6.92 Å². The Labute approximate surface area is 117 Å². The Morgan fingerprint density at radius 3 is 2.47 bits per heavy atom. The van der Waals surface area contributed by atoms with Crippen LogP contribution in [0.25, 0.3) is 0 Å². The van der Waals surface area contributed by atoms with E-state index in [0.29, 0.717) is 29.0 Å². The molecule has 1 aromatic rings. The fourth-order valence-corrected chi connectivity index (χ4v) is 3.22. The second kappa shape index (κ2) is 4.93. The van der Waals surface area contributed by atoms with Crippen LogP contribution in [-0.2, 0) is 10.2 Å². The summed E-state index contributed by atoms with van der Waals surface area (Å²) in [6, 6.07) is 1.62. The highest BCUT2D eigenvalue weighted by molar-refractivity contribution is 6.32. The number of carboxylic acids is 1. The first-order valence-corrected chi connectivity index (χ1v) is 6.62. The zero-order valence-electron chi connectivity index (χ0n) is 11.0. The number of ether oxygens (including phenoxy) is 1. The molecule has 0 heterocycles. The van der Waals surface area contributed by atoms with Gasteiger partial charge in [0.2, 0.25) is 0 Å². The highest BCUT2D eigenvalue weighted by atomic mass is 35.5. The molecule has 0 atom stereocenters. The number of halogens is 1. The largest absolute Gasteiger partial charge is 0.504 e. The zero-order valence-corrected chi connectivity index (χ0v) is 11.8. The van der Waals surface area contributed by atoms with Crippen LogP contribution in [0.1, 0.15) is 36.8 Å². The van der Waals surface area contributed by atoms with Gasteiger partial charge in [-0.3, -0.25) is 4.79 Å². The first-order chi connectivity index (χ1) is 8.94. The van der Waals surface area contributed by atoms with Crippen molar-refractivity contribution in [2.75, 3.05) is 7.11 Å². The lowest BCUT2D eigenvalue weighted by atomic mass is 9.77. The second-order valence-electron chi connectivity index (χ2n) is 5.03. The monoisotopic (exact) mass is 284 g/mol. The molecule has 0 unspecified atom stereocenters. The van der Waals surface area contributed by atoms with Gasteiger partial charge in [-0.1, -0.05) is 24.4 Å². The van der Waals surface area contributed by atoms with Crippen molar-refractivity contribution >= 4 is 17.6 Å². The van der Waals surface area contributed by atoms with Crippen molar-refractivity contribution in [3.05, 3.63) is 22.2 Å². The van der Waals surface area contributed by atoms with Crippen molar-refractivity contribution in [2.24, 2.45) is 0 Å². The summed E-state index contributed by atoms with van der Waals surface area (Å²) in [6.45, 7) is 1.78. The van der Waals surface area contributed by atoms with Gasteiger partial charge in [0.1, 0.15) is 0 Å². The molecule has 5 heteroatoms. The highest BCUT2D eigenvalue weighted by Crippen LogP contribution is 2.51. The minimum Gasteiger partial charge on any atom is -0.504 e. The molecule has 0 aliphatic heterocycles. The molecule has 0 radical (unpaired) electrons. The van der Waals surface area contributed by atoms with E-state index in [1.165, 1.54) is 7.11 Å². The van der Waals surface area contributed by atoms with Gasteiger partial charge in [-0.2, -0.15) is 0 Å². The number of benzene rings is 1. The molecule has 0 amide bonds. The van der Waals surface area contributed by atoms with Gasteiger partial charge in [-0.25, -0.2) is 0 Å². The number of rotatable bonds is 3. The van der Waals surface area contributed by atoms with Crippen LogP contribution in [0.4, 0.5) is 0 Å². The summed E-state index contributed by atoms with van der Waals surface area (Å²) in [7, 11) is 1.44. The Kier molecular flexibility index (Phi) is 3.63. The topological polar surface area (TPSA) is 66.8 Å². The number of aromatic hydroxyl groups is 1. The molecule has 1 aliphatic rings. The number of hydrogen-bond acceptors (Lipinski definition) is 3. The van der Waals surface area contributed by atoms with Crippen molar-refractivity contribution < 1.29 is 19.7 Å². The van der Waals surface area contributed by atoms with Gasteiger partial charge in [0.25, 0.3) is 0 Å². The number of aryl methyl sites for hydroxylation is 1. The fourth-order valence-electron chi connectivity index (χ4n) is 2.89. The molecule has 0 saturated heterocycles. The van der Waals surface area contributed by atoms with Gasteiger partial charge in [-0.15, -0.1) is 0 Å². The number of methoxy groups -OCH3 is 1. The number of aliphatic carboxylic acids is 1. The molecule has 0 bridgehead atoms. The van der Waals surface area contributed by atoms with Gasteiger partial charge in [0.05, 0.1) is 17.5 Å². The van der Waals surface area contributed by atoms with Crippen molar-refractivity contribution in [2.45, 2.75) is 38.0 Å². The highest BCUT2D eigenvalue weighted by Gasteiger charge is 2.47. The van der Waals surface area contributed by atoms with Crippen molar-refractivity contribution in [1.82, 2.24) is 0 Å². The Bertz CT molecular complexity index is 519. The van der Waals surface area contributed by atoms with Crippen LogP contribution < -0.4 is 4.74 Å². The first-order valence-electron chi connectivity index (χ1n) is 6.24. The normalized spacial score (nSPS) is 17.4. The lowest BCUT2D eigenvalue weighted by Gasteiger charge is -2.27. The zero-order chi connectivity index (χ0) is 14.2. The summed E-state index contributed by atoms with van der Waals surface area (Å²) in [5.74, 6) is -0.818. The van der Waals surface area contributed by atoms with Crippen LogP contribution in [0.15, 0.2) is 6.07 Å². The van der Waals surface area contributed by atoms with Gasteiger partial charge >= 0.3 is 5.97 Å². The number of carbonyl (C=O) groups is 1. The predicted molar refractivity (Wildman–Crippen MR) is 72.2 cm³/mol. The maximum absolute atomic E-state index is 11.7. The summed E-state index contributed by atoms with van der Waals surface area (Å²) >= 11 is 6.26. The predicted octanol–water partition coefficient (Wildman–Crippen LogP) is 3.26. The summed E-state index contributed by atoms with van der Waals surface area (Å²) in [5.41, 5.74) is -0.0876. The lowest BCUT2D eigenvalue weighted by molar-refractivity contribution is -0.143. The molecule has 4 nitrogen and oxygen atoms in total. The third-order valence-corrected chi connectivity index (χ3v) is 4.44. The number of hydrogen-bond donors (Lipinski definition) is 2. The average molecular weight is 285 g/mol. The lowest BCUT2D eigenvalue weighted by Crippen LogP contribution is -2.33. The molecule has 1 aromatic carbocycles. The number of carboxylic acid groups (broad SMARTS) is 1. The Hall–Kier alpha value is -1.42. The molecule has 1 fully saturated rings. The minimum atomic E-state index is -1.10. The fraction of sp³-hybridized carbons (Fsp3) is 0.500. The van der Waals surface area contributed by atoms with Crippen LogP contribution in [-0.4, -0.2) is 23.3 Å². The molecule has 1 aliphatic carbocycles. The maximum atomic E-state index is 11.7. The smallest absolute Gasteiger partial charge is 0.314 e. The van der Waals surface area contributed by atoms with Gasteiger partial charge in [0, 0.05) is 5.56 Å². The van der Waals surface area contributed by atoms with Crippen LogP contribution >= 0.6 is 11.6 Å². The summed E-state index contributed by atoms with van der Waals surface area (Å²) in [5, 5.41) is 20.2. The maximum Gasteiger partial charge on any atom is 0.314 e. The third-order valence-electron chi connectivity index (χ3n) is 3.95. The molecular formula is C14H17ClO4. The van der Waals surface area contributed by atoms with Crippen LogP contribution in [0.5, 0.6) is 11.5 Å². The number of phenols is 1. The molecule has 104 valence electrons. The van der Waals surface area contributed by atoms with E-state index in [9.17, 15) is 15.0 Å². The molecule has 2 N–H and O–H groups in total. The van der Waals surface area contributed by atoms with E-state index in [1.807, 2.05) is 0 Å². The Balaban J connectivity index is 2.73. The van der Waals surface area contributed by atoms with Gasteiger partial charge < -0.3 is 14.9 Å². The standard InChI is InChI=1S/C14H17ClO4/c1-8-7-9(19-2)12(16)10(11(8)15)14(13(17)18)5-3-4-6-14/h7,16H,3-6H2,1-2H3,(H,17,18). The van der Waals surface area contributed by atoms with Crippen LogP contribution in [0.2, 0.25) is 5.02 Å². The molecular weight excluding hydrogens is 268 g/mol. The molecule has 2 rings (SSSR count). The van der Waals surface area contributed by atoms with E-state index >= 15 is 0 Å². The van der Waals surface area contributed by atoms with Crippen molar-refractivity contribution in [3.63, 3.8) is 0 Å². The Morgan fingerprint density at radius 1 is 1.42 bits per heavy atom. The van der Waals surface area contributed by atoms with E-state index in [0.717, 1.165) is 12.8 Å². The van der Waals surface area contributed by atoms with Gasteiger partial charge in [0.15, 0.2) is 11.5 Å². The summed E-state index contributed by atoms with van der Waals surface area (Å²) in [6.07, 6.45) is 2.61. The SMILES string of the molecule is COc1cc(C)c(Cl)c(C2(C(=O)O)CCCC2)c1O. The first kappa shape index (κ1) is 14.0. The molecule has 0 spiro atoms. The van der Waals surface area contributed by atoms with Crippen molar-refractivity contribution in [1.29, 1.82) is 0 Å². The summed E-state index contributed by atoms with van der Waals surface area (Å²) < 4.78 is 5.10. The molecule has 0 aromatic heterocycles. The van der Waals surface area contributed by atoms with Crippen LogP contribution in [0.3, 0.4) is 0 Å². The van der Waals surface area contributed by atoms with Crippen molar-refractivity contribution in [3.8, 4) is 11.5 Å².